The van der Waals surface area contributed by atoms with Crippen molar-refractivity contribution in [1.82, 2.24) is 0 Å². The van der Waals surface area contributed by atoms with Gasteiger partial charge in [0, 0.05) is 10.6 Å². The van der Waals surface area contributed by atoms with Crippen LogP contribution < -0.4 is 5.11 Å². The molecule has 0 N–H and O–H groups in total. The monoisotopic (exact) mass is 245 g/mol. The van der Waals surface area contributed by atoms with Gasteiger partial charge in [0.25, 0.3) is 0 Å². The molecule has 0 radical (unpaired) electrons. The quantitative estimate of drug-likeness (QED) is 0.816. The van der Waals surface area contributed by atoms with Crippen molar-refractivity contribution in [3.8, 4) is 11.1 Å². The van der Waals surface area contributed by atoms with Gasteiger partial charge in [-0.25, -0.2) is 0 Å². The third kappa shape index (κ3) is 2.32. The van der Waals surface area contributed by atoms with Crippen LogP contribution >= 0.6 is 11.6 Å². The first-order valence-electron chi connectivity index (χ1n) is 5.16. The number of halogens is 1. The van der Waals surface area contributed by atoms with Crippen molar-refractivity contribution in [2.24, 2.45) is 0 Å². The lowest BCUT2D eigenvalue weighted by Gasteiger charge is -2.12. The average Bonchev–Trinajstić information content (AvgIpc) is 2.30. The summed E-state index contributed by atoms with van der Waals surface area (Å²) in [6, 6.07) is 12.4. The molecular formula is C14H10ClO2-. The minimum Gasteiger partial charge on any atom is -0.545 e. The minimum absolute atomic E-state index is 0.220. The van der Waals surface area contributed by atoms with Gasteiger partial charge in [-0.3, -0.25) is 0 Å². The van der Waals surface area contributed by atoms with E-state index < -0.39 is 5.97 Å². The minimum atomic E-state index is -1.15. The van der Waals surface area contributed by atoms with Gasteiger partial charge in [-0.15, -0.1) is 0 Å². The molecule has 0 saturated carbocycles. The largest absolute Gasteiger partial charge is 0.545 e. The van der Waals surface area contributed by atoms with E-state index in [1.165, 1.54) is 0 Å². The number of carbonyl (C=O) groups excluding carboxylic acids is 1. The lowest BCUT2D eigenvalue weighted by atomic mass is 9.96. The Morgan fingerprint density at radius 3 is 2.35 bits per heavy atom. The first-order chi connectivity index (χ1) is 8.09. The molecule has 0 aliphatic rings. The number of hydrogen-bond acceptors (Lipinski definition) is 2. The molecule has 0 atom stereocenters. The van der Waals surface area contributed by atoms with Gasteiger partial charge in [-0.2, -0.15) is 0 Å². The molecule has 86 valence electrons. The Morgan fingerprint density at radius 2 is 1.76 bits per heavy atom. The predicted octanol–water partition coefficient (Wildman–Crippen LogP) is 2.68. The Hall–Kier alpha value is -1.80. The maximum atomic E-state index is 10.9. The molecule has 17 heavy (non-hydrogen) atoms. The topological polar surface area (TPSA) is 40.1 Å². The second-order valence-corrected chi connectivity index (χ2v) is 4.21. The molecule has 0 amide bonds. The number of aromatic carboxylic acids is 1. The second-order valence-electron chi connectivity index (χ2n) is 3.77. The fourth-order valence-corrected chi connectivity index (χ4v) is 1.92. The Morgan fingerprint density at radius 1 is 1.12 bits per heavy atom. The van der Waals surface area contributed by atoms with E-state index in [2.05, 4.69) is 0 Å². The summed E-state index contributed by atoms with van der Waals surface area (Å²) < 4.78 is 0. The zero-order valence-electron chi connectivity index (χ0n) is 9.24. The number of carbonyl (C=O) groups is 1. The van der Waals surface area contributed by atoms with Gasteiger partial charge in [-0.1, -0.05) is 41.9 Å². The molecule has 2 aromatic carbocycles. The van der Waals surface area contributed by atoms with Crippen LogP contribution in [0.4, 0.5) is 0 Å². The van der Waals surface area contributed by atoms with E-state index >= 15 is 0 Å². The number of benzene rings is 2. The molecule has 0 fully saturated rings. The highest BCUT2D eigenvalue weighted by Gasteiger charge is 2.06. The van der Waals surface area contributed by atoms with Crippen LogP contribution in [0.2, 0.25) is 5.02 Å². The summed E-state index contributed by atoms with van der Waals surface area (Å²) in [5, 5.41) is 11.6. The van der Waals surface area contributed by atoms with E-state index in [1.807, 2.05) is 18.2 Å². The zero-order chi connectivity index (χ0) is 12.4. The van der Waals surface area contributed by atoms with Crippen LogP contribution in [0.25, 0.3) is 11.1 Å². The molecule has 2 rings (SSSR count). The number of carboxylic acids is 1. The summed E-state index contributed by atoms with van der Waals surface area (Å²) in [6.07, 6.45) is 0. The van der Waals surface area contributed by atoms with E-state index in [-0.39, 0.29) is 5.56 Å². The van der Waals surface area contributed by atoms with Crippen LogP contribution in [0.5, 0.6) is 0 Å². The van der Waals surface area contributed by atoms with E-state index in [1.54, 1.807) is 31.2 Å². The van der Waals surface area contributed by atoms with E-state index in [0.29, 0.717) is 10.6 Å². The Balaban J connectivity index is 2.56. The molecule has 2 nitrogen and oxygen atoms in total. The summed E-state index contributed by atoms with van der Waals surface area (Å²) in [5.41, 5.74) is 2.74. The molecule has 0 heterocycles. The SMILES string of the molecule is Cc1c(C(=O)[O-])cccc1-c1ccc(Cl)cc1. The molecule has 3 heteroatoms. The van der Waals surface area contributed by atoms with Crippen LogP contribution in [0.1, 0.15) is 15.9 Å². The molecule has 0 aromatic heterocycles. The summed E-state index contributed by atoms with van der Waals surface area (Å²) in [7, 11) is 0. The van der Waals surface area contributed by atoms with Crippen molar-refractivity contribution in [2.45, 2.75) is 6.92 Å². The second kappa shape index (κ2) is 4.60. The van der Waals surface area contributed by atoms with Crippen molar-refractivity contribution >= 4 is 17.6 Å². The third-order valence-corrected chi connectivity index (χ3v) is 2.96. The molecule has 0 spiro atoms. The van der Waals surface area contributed by atoms with Crippen molar-refractivity contribution in [1.29, 1.82) is 0 Å². The Kier molecular flexibility index (Phi) is 3.16. The lowest BCUT2D eigenvalue weighted by Crippen LogP contribution is -2.23. The first kappa shape index (κ1) is 11.7. The average molecular weight is 246 g/mol. The fourth-order valence-electron chi connectivity index (χ4n) is 1.80. The standard InChI is InChI=1S/C14H11ClO2/c1-9-12(3-2-4-13(9)14(16)17)10-5-7-11(15)8-6-10/h2-8H,1H3,(H,16,17)/p-1. The van der Waals surface area contributed by atoms with Gasteiger partial charge in [-0.05, 0) is 35.7 Å². The van der Waals surface area contributed by atoms with Crippen LogP contribution in [-0.4, -0.2) is 5.97 Å². The highest BCUT2D eigenvalue weighted by Crippen LogP contribution is 2.26. The Bertz CT molecular complexity index is 559. The van der Waals surface area contributed by atoms with Crippen molar-refractivity contribution in [3.05, 3.63) is 58.6 Å². The maximum Gasteiger partial charge on any atom is 0.0718 e. The van der Waals surface area contributed by atoms with E-state index in [0.717, 1.165) is 11.1 Å². The van der Waals surface area contributed by atoms with Gasteiger partial charge >= 0.3 is 0 Å². The van der Waals surface area contributed by atoms with E-state index in [9.17, 15) is 9.90 Å². The van der Waals surface area contributed by atoms with Crippen molar-refractivity contribution in [3.63, 3.8) is 0 Å². The molecule has 0 aliphatic carbocycles. The summed E-state index contributed by atoms with van der Waals surface area (Å²) in [6.45, 7) is 1.77. The molecule has 0 aliphatic heterocycles. The van der Waals surface area contributed by atoms with Crippen LogP contribution in [0.15, 0.2) is 42.5 Å². The van der Waals surface area contributed by atoms with Crippen molar-refractivity contribution < 1.29 is 9.90 Å². The van der Waals surface area contributed by atoms with Gasteiger partial charge in [0.2, 0.25) is 0 Å². The predicted molar refractivity (Wildman–Crippen MR) is 66.0 cm³/mol. The van der Waals surface area contributed by atoms with E-state index in [4.69, 9.17) is 11.6 Å². The Labute approximate surface area is 104 Å². The molecule has 0 bridgehead atoms. The highest BCUT2D eigenvalue weighted by molar-refractivity contribution is 6.30. The van der Waals surface area contributed by atoms with Crippen LogP contribution in [0.3, 0.4) is 0 Å². The number of hydrogen-bond donors (Lipinski definition) is 0. The smallest absolute Gasteiger partial charge is 0.0718 e. The zero-order valence-corrected chi connectivity index (χ0v) is 9.99. The molecular weight excluding hydrogens is 236 g/mol. The van der Waals surface area contributed by atoms with Gasteiger partial charge < -0.3 is 9.90 Å². The fraction of sp³-hybridized carbons (Fsp3) is 0.0714. The van der Waals surface area contributed by atoms with Gasteiger partial charge in [0.05, 0.1) is 5.97 Å². The van der Waals surface area contributed by atoms with Crippen molar-refractivity contribution in [2.75, 3.05) is 0 Å². The number of carboxylic acid groups (broad SMARTS) is 1. The normalized spacial score (nSPS) is 10.2. The highest BCUT2D eigenvalue weighted by atomic mass is 35.5. The first-order valence-corrected chi connectivity index (χ1v) is 5.54. The maximum absolute atomic E-state index is 10.9. The van der Waals surface area contributed by atoms with Crippen LogP contribution in [-0.2, 0) is 0 Å². The van der Waals surface area contributed by atoms with Gasteiger partial charge in [0.1, 0.15) is 0 Å². The summed E-state index contributed by atoms with van der Waals surface area (Å²) in [4.78, 5) is 10.9. The summed E-state index contributed by atoms with van der Waals surface area (Å²) in [5.74, 6) is -1.15. The third-order valence-electron chi connectivity index (χ3n) is 2.71. The lowest BCUT2D eigenvalue weighted by molar-refractivity contribution is -0.255. The molecule has 2 aromatic rings. The van der Waals surface area contributed by atoms with Gasteiger partial charge in [0.15, 0.2) is 0 Å². The van der Waals surface area contributed by atoms with Crippen LogP contribution in [0, 0.1) is 6.92 Å². The summed E-state index contributed by atoms with van der Waals surface area (Å²) >= 11 is 5.82. The number of rotatable bonds is 2. The molecule has 0 saturated heterocycles. The molecule has 0 unspecified atom stereocenters.